The third-order valence-corrected chi connectivity index (χ3v) is 6.30. The third-order valence-electron chi connectivity index (χ3n) is 5.69. The normalized spacial score (nSPS) is 20.9. The summed E-state index contributed by atoms with van der Waals surface area (Å²) in [5.41, 5.74) is 2.63. The second kappa shape index (κ2) is 7.03. The number of hydrogen-bond acceptors (Lipinski definition) is 5. The molecule has 7 heteroatoms. The molecule has 2 aromatic rings. The van der Waals surface area contributed by atoms with Gasteiger partial charge in [0.1, 0.15) is 5.51 Å². The molecular formula is C20H24N4O2S. The minimum atomic E-state index is -0.454. The second-order valence-electron chi connectivity index (χ2n) is 7.87. The van der Waals surface area contributed by atoms with Crippen LogP contribution in [0.4, 0.5) is 5.13 Å². The highest BCUT2D eigenvalue weighted by Gasteiger charge is 2.55. The maximum absolute atomic E-state index is 13.4. The van der Waals surface area contributed by atoms with E-state index in [9.17, 15) is 9.59 Å². The van der Waals surface area contributed by atoms with Crippen LogP contribution < -0.4 is 5.32 Å². The average Bonchev–Trinajstić information content (AvgIpc) is 3.32. The molecule has 1 fully saturated rings. The molecule has 1 atom stereocenters. The van der Waals surface area contributed by atoms with Gasteiger partial charge in [-0.3, -0.25) is 14.9 Å². The van der Waals surface area contributed by atoms with E-state index in [0.29, 0.717) is 23.2 Å². The molecule has 142 valence electrons. The fourth-order valence-corrected chi connectivity index (χ4v) is 5.15. The van der Waals surface area contributed by atoms with Crippen molar-refractivity contribution < 1.29 is 9.59 Å². The zero-order valence-electron chi connectivity index (χ0n) is 15.6. The molecule has 1 saturated carbocycles. The van der Waals surface area contributed by atoms with Crippen LogP contribution in [-0.2, 0) is 4.79 Å². The number of fused-ring (bicyclic) bond motifs is 1. The van der Waals surface area contributed by atoms with Gasteiger partial charge in [-0.2, -0.15) is 0 Å². The van der Waals surface area contributed by atoms with E-state index in [1.807, 2.05) is 29.2 Å². The number of carbonyl (C=O) groups is 2. The van der Waals surface area contributed by atoms with Gasteiger partial charge in [0.15, 0.2) is 0 Å². The third kappa shape index (κ3) is 3.04. The van der Waals surface area contributed by atoms with Crippen LogP contribution in [0.2, 0.25) is 0 Å². The molecule has 27 heavy (non-hydrogen) atoms. The average molecular weight is 385 g/mol. The predicted octanol–water partition coefficient (Wildman–Crippen LogP) is 3.69. The smallest absolute Gasteiger partial charge is 0.254 e. The molecular weight excluding hydrogens is 360 g/mol. The van der Waals surface area contributed by atoms with Crippen molar-refractivity contribution in [1.29, 1.82) is 0 Å². The van der Waals surface area contributed by atoms with E-state index in [4.69, 9.17) is 0 Å². The standard InChI is InChI=1S/C20H24N4O2S/c1-13(2)11-24-18(26)15-8-4-3-7-14(15)16(20(24)9-5-6-10-20)17(25)22-19-23-21-12-27-19/h3-4,7-8,12-13,16H,5-6,9-11H2,1-2H3,(H,22,23,25). The Balaban J connectivity index is 1.83. The molecule has 2 heterocycles. The first-order chi connectivity index (χ1) is 13.0. The van der Waals surface area contributed by atoms with Gasteiger partial charge in [0, 0.05) is 12.1 Å². The molecule has 1 N–H and O–H groups in total. The Morgan fingerprint density at radius 1 is 1.33 bits per heavy atom. The fourth-order valence-electron chi connectivity index (χ4n) is 4.70. The van der Waals surface area contributed by atoms with Gasteiger partial charge in [-0.05, 0) is 30.4 Å². The first-order valence-electron chi connectivity index (χ1n) is 9.51. The number of anilines is 1. The van der Waals surface area contributed by atoms with Crippen LogP contribution >= 0.6 is 11.3 Å². The van der Waals surface area contributed by atoms with Crippen LogP contribution in [0.15, 0.2) is 29.8 Å². The Hall–Kier alpha value is -2.28. The molecule has 0 radical (unpaired) electrons. The van der Waals surface area contributed by atoms with E-state index in [0.717, 1.165) is 31.2 Å². The molecule has 6 nitrogen and oxygen atoms in total. The molecule has 1 aromatic heterocycles. The predicted molar refractivity (Wildman–Crippen MR) is 105 cm³/mol. The fraction of sp³-hybridized carbons (Fsp3) is 0.500. The van der Waals surface area contributed by atoms with Crippen LogP contribution in [0.3, 0.4) is 0 Å². The summed E-state index contributed by atoms with van der Waals surface area (Å²) < 4.78 is 0. The summed E-state index contributed by atoms with van der Waals surface area (Å²) in [6, 6.07) is 7.57. The van der Waals surface area contributed by atoms with Crippen molar-refractivity contribution in [2.75, 3.05) is 11.9 Å². The number of amides is 2. The minimum Gasteiger partial charge on any atom is -0.332 e. The molecule has 2 amide bonds. The van der Waals surface area contributed by atoms with Gasteiger partial charge in [-0.1, -0.05) is 56.2 Å². The van der Waals surface area contributed by atoms with Crippen LogP contribution in [0.25, 0.3) is 0 Å². The lowest BCUT2D eigenvalue weighted by Crippen LogP contribution is -2.60. The zero-order valence-corrected chi connectivity index (χ0v) is 16.5. The highest BCUT2D eigenvalue weighted by Crippen LogP contribution is 2.50. The van der Waals surface area contributed by atoms with Gasteiger partial charge in [0.2, 0.25) is 11.0 Å². The van der Waals surface area contributed by atoms with Gasteiger partial charge in [-0.25, -0.2) is 0 Å². The summed E-state index contributed by atoms with van der Waals surface area (Å²) >= 11 is 1.30. The van der Waals surface area contributed by atoms with Crippen molar-refractivity contribution in [3.63, 3.8) is 0 Å². The summed E-state index contributed by atoms with van der Waals surface area (Å²) in [5, 5.41) is 11.2. The molecule has 1 aliphatic carbocycles. The van der Waals surface area contributed by atoms with Gasteiger partial charge in [0.25, 0.3) is 5.91 Å². The SMILES string of the molecule is CC(C)CN1C(=O)c2ccccc2C(C(=O)Nc2nncs2)C12CCCC2. The Kier molecular flexibility index (Phi) is 4.72. The molecule has 0 bridgehead atoms. The minimum absolute atomic E-state index is 0.0566. The summed E-state index contributed by atoms with van der Waals surface area (Å²) in [4.78, 5) is 28.8. The topological polar surface area (TPSA) is 75.2 Å². The highest BCUT2D eigenvalue weighted by atomic mass is 32.1. The Morgan fingerprint density at radius 3 is 2.74 bits per heavy atom. The summed E-state index contributed by atoms with van der Waals surface area (Å²) in [7, 11) is 0. The van der Waals surface area contributed by atoms with E-state index >= 15 is 0 Å². The van der Waals surface area contributed by atoms with Crippen LogP contribution in [0.5, 0.6) is 0 Å². The van der Waals surface area contributed by atoms with E-state index in [-0.39, 0.29) is 11.8 Å². The first kappa shape index (κ1) is 18.1. The Morgan fingerprint density at radius 2 is 2.07 bits per heavy atom. The van der Waals surface area contributed by atoms with E-state index < -0.39 is 11.5 Å². The number of rotatable bonds is 4. The number of benzene rings is 1. The number of hydrogen-bond donors (Lipinski definition) is 1. The van der Waals surface area contributed by atoms with E-state index in [2.05, 4.69) is 29.4 Å². The van der Waals surface area contributed by atoms with E-state index in [1.165, 1.54) is 11.3 Å². The Bertz CT molecular complexity index is 843. The van der Waals surface area contributed by atoms with E-state index in [1.54, 1.807) is 5.51 Å². The lowest BCUT2D eigenvalue weighted by Gasteiger charge is -2.50. The lowest BCUT2D eigenvalue weighted by atomic mass is 9.70. The highest BCUT2D eigenvalue weighted by molar-refractivity contribution is 7.13. The summed E-state index contributed by atoms with van der Waals surface area (Å²) in [6.07, 6.45) is 3.78. The maximum atomic E-state index is 13.4. The quantitative estimate of drug-likeness (QED) is 0.872. The number of carbonyl (C=O) groups excluding carboxylic acids is 2. The van der Waals surface area contributed by atoms with Crippen LogP contribution in [0.1, 0.15) is 61.4 Å². The van der Waals surface area contributed by atoms with Crippen molar-refractivity contribution in [3.8, 4) is 0 Å². The van der Waals surface area contributed by atoms with Crippen LogP contribution in [0, 0.1) is 5.92 Å². The molecule has 0 saturated heterocycles. The largest absolute Gasteiger partial charge is 0.332 e. The summed E-state index contributed by atoms with van der Waals surface area (Å²) in [5.74, 6) is -0.0939. The van der Waals surface area contributed by atoms with Crippen molar-refractivity contribution in [3.05, 3.63) is 40.9 Å². The molecule has 1 aliphatic heterocycles. The van der Waals surface area contributed by atoms with Gasteiger partial charge < -0.3 is 4.90 Å². The molecule has 1 unspecified atom stereocenters. The number of aromatic nitrogens is 2. The van der Waals surface area contributed by atoms with Gasteiger partial charge in [-0.15, -0.1) is 10.2 Å². The van der Waals surface area contributed by atoms with Gasteiger partial charge >= 0.3 is 0 Å². The number of nitrogens with one attached hydrogen (secondary N) is 1. The molecule has 2 aliphatic rings. The number of nitrogens with zero attached hydrogens (tertiary/aromatic N) is 3. The maximum Gasteiger partial charge on any atom is 0.254 e. The zero-order chi connectivity index (χ0) is 19.0. The lowest BCUT2D eigenvalue weighted by molar-refractivity contribution is -0.121. The van der Waals surface area contributed by atoms with Crippen molar-refractivity contribution in [2.24, 2.45) is 5.92 Å². The van der Waals surface area contributed by atoms with Gasteiger partial charge in [0.05, 0.1) is 11.5 Å². The molecule has 1 spiro atoms. The molecule has 4 rings (SSSR count). The first-order valence-corrected chi connectivity index (χ1v) is 10.4. The van der Waals surface area contributed by atoms with Crippen LogP contribution in [-0.4, -0.2) is 39.0 Å². The van der Waals surface area contributed by atoms with Crippen molar-refractivity contribution in [2.45, 2.75) is 51.0 Å². The van der Waals surface area contributed by atoms with Crippen molar-refractivity contribution >= 4 is 28.3 Å². The Labute approximate surface area is 163 Å². The summed E-state index contributed by atoms with van der Waals surface area (Å²) in [6.45, 7) is 4.90. The second-order valence-corrected chi connectivity index (χ2v) is 8.71. The monoisotopic (exact) mass is 384 g/mol. The molecule has 1 aromatic carbocycles. The van der Waals surface area contributed by atoms with Crippen molar-refractivity contribution in [1.82, 2.24) is 15.1 Å².